The van der Waals surface area contributed by atoms with Gasteiger partial charge in [0.15, 0.2) is 0 Å². The lowest BCUT2D eigenvalue weighted by Crippen LogP contribution is -2.20. The molecule has 0 spiro atoms. The maximum atomic E-state index is 5.69. The predicted molar refractivity (Wildman–Crippen MR) is 342 cm³/mol. The molecule has 0 amide bonds. The van der Waals surface area contributed by atoms with Crippen molar-refractivity contribution in [3.05, 3.63) is 0 Å². The third-order valence-corrected chi connectivity index (χ3v) is 10.8. The Bertz CT molecular complexity index is 963. The lowest BCUT2D eigenvalue weighted by Gasteiger charge is -2.23. The van der Waals surface area contributed by atoms with Crippen LogP contribution in [0.1, 0.15) is 316 Å². The number of methoxy groups -OCH3 is 1. The topological polar surface area (TPSA) is 92.3 Å². The first-order valence-electron chi connectivity index (χ1n) is 32.2. The summed E-state index contributed by atoms with van der Waals surface area (Å²) in [5.74, 6) is 0. The maximum Gasteiger partial charge on any atom is 0.0598 e. The molecule has 4 atom stereocenters. The van der Waals surface area contributed by atoms with Crippen molar-refractivity contribution in [3.8, 4) is 0 Å². The highest BCUT2D eigenvalue weighted by atomic mass is 16.5. The summed E-state index contributed by atoms with van der Waals surface area (Å²) in [6.45, 7) is 66.4. The van der Waals surface area contributed by atoms with Crippen molar-refractivity contribution in [1.29, 1.82) is 0 Å². The Morgan fingerprint density at radius 2 is 0.636 bits per heavy atom. The van der Waals surface area contributed by atoms with Crippen LogP contribution in [-0.4, -0.2) is 126 Å². The molecule has 10 heteroatoms. The van der Waals surface area contributed by atoms with Gasteiger partial charge in [-0.3, -0.25) is 0 Å². The van der Waals surface area contributed by atoms with E-state index in [1.165, 1.54) is 83.5 Å². The Hall–Kier alpha value is -0.400. The van der Waals surface area contributed by atoms with Crippen LogP contribution < -0.4 is 0 Å². The van der Waals surface area contributed by atoms with E-state index in [9.17, 15) is 0 Å². The third kappa shape index (κ3) is 112. The van der Waals surface area contributed by atoms with Crippen molar-refractivity contribution in [2.24, 2.45) is 0 Å². The van der Waals surface area contributed by atoms with Crippen LogP contribution in [0.15, 0.2) is 0 Å². The molecule has 478 valence electrons. The SMILES string of the molecule is CC(C)OC1CCCC1.CC(C)OC1CCCCC1.CCCC(C)OCC.CCCOC(C)C.CCCOC(C)CC.CCCOC(C)CCC.CCOC(C)(C)C.CCOC(C)C.CCOC(C)CC.COC(C)(C)C. The van der Waals surface area contributed by atoms with E-state index in [1.54, 1.807) is 7.11 Å². The van der Waals surface area contributed by atoms with Crippen LogP contribution in [0.5, 0.6) is 0 Å². The molecule has 0 aromatic heterocycles. The van der Waals surface area contributed by atoms with Crippen molar-refractivity contribution in [3.63, 3.8) is 0 Å². The summed E-state index contributed by atoms with van der Waals surface area (Å²) in [6, 6.07) is 0. The number of hydrogen-bond donors (Lipinski definition) is 0. The fourth-order valence-electron chi connectivity index (χ4n) is 6.54. The molecule has 10 nitrogen and oxygen atoms in total. The van der Waals surface area contributed by atoms with E-state index in [1.807, 2.05) is 62.3 Å². The standard InChI is InChI=1S/C9H18O.C8H16O.C8H18O.2C7H16O.3C6H14O.2C5H12O/c1-8(2)10-9-6-4-3-5-7-9;1-7(2)9-8-5-3-4-6-8;1-4-6-8(3)9-7-5-2;1-4-6-7(3)8-5-2;1-4-6-8-7(3)5-2;1-5-7-6(2,3)4;1-4-5-7-6(2)3;1-4-6(3)7-5-2;1-5(2,3)6-4;1-4-6-5(2)3/h8-9H,3-7H2,1-2H3;7-8H,3-6H2,1-2H3;8H,4-7H2,1-3H3;2*7H,4-6H2,1-3H3;5H2,1-4H3;2*6H,4-5H2,1-3H3;1-4H3;5H,4H2,1-3H3. The molecule has 0 N–H and O–H groups in total. The molecule has 2 aliphatic carbocycles. The van der Waals surface area contributed by atoms with Crippen molar-refractivity contribution in [2.45, 2.75) is 389 Å². The zero-order chi connectivity index (χ0) is 61.5. The Morgan fingerprint density at radius 1 is 0.338 bits per heavy atom. The first kappa shape index (κ1) is 93.0. The summed E-state index contributed by atoms with van der Waals surface area (Å²) < 4.78 is 52.9. The molecule has 0 aromatic rings. The first-order valence-corrected chi connectivity index (χ1v) is 32.2. The average molecular weight is 1120 g/mol. The molecular formula is C67H150O10. The van der Waals surface area contributed by atoms with E-state index in [0.29, 0.717) is 61.0 Å². The van der Waals surface area contributed by atoms with Gasteiger partial charge in [0.25, 0.3) is 0 Å². The summed E-state index contributed by atoms with van der Waals surface area (Å²) in [5.41, 5.74) is 0.0920. The van der Waals surface area contributed by atoms with Crippen molar-refractivity contribution >= 4 is 0 Å². The highest BCUT2D eigenvalue weighted by Gasteiger charge is 2.16. The molecule has 0 radical (unpaired) electrons. The minimum atomic E-state index is 0.0417. The van der Waals surface area contributed by atoms with Gasteiger partial charge in [-0.2, -0.15) is 0 Å². The number of rotatable bonds is 26. The summed E-state index contributed by atoms with van der Waals surface area (Å²) in [6.07, 6.45) is 27.2. The molecule has 2 saturated carbocycles. The van der Waals surface area contributed by atoms with E-state index in [-0.39, 0.29) is 11.2 Å². The predicted octanol–water partition coefficient (Wildman–Crippen LogP) is 20.4. The average Bonchev–Trinajstić information content (AvgIpc) is 3.86. The van der Waals surface area contributed by atoms with Gasteiger partial charge in [0.05, 0.1) is 72.2 Å². The van der Waals surface area contributed by atoms with Crippen LogP contribution >= 0.6 is 0 Å². The molecule has 0 heterocycles. The van der Waals surface area contributed by atoms with Crippen LogP contribution in [0.25, 0.3) is 0 Å². The molecule has 4 unspecified atom stereocenters. The van der Waals surface area contributed by atoms with Crippen molar-refractivity contribution < 1.29 is 47.4 Å². The lowest BCUT2D eigenvalue weighted by atomic mass is 9.98. The van der Waals surface area contributed by atoms with Crippen LogP contribution in [-0.2, 0) is 47.4 Å². The van der Waals surface area contributed by atoms with Crippen molar-refractivity contribution in [1.82, 2.24) is 0 Å². The first-order chi connectivity index (χ1) is 36.0. The largest absolute Gasteiger partial charge is 0.379 e. The highest BCUT2D eigenvalue weighted by molar-refractivity contribution is 4.67. The van der Waals surface area contributed by atoms with Gasteiger partial charge in [0.1, 0.15) is 0 Å². The van der Waals surface area contributed by atoms with Gasteiger partial charge in [-0.15, -0.1) is 0 Å². The second-order valence-electron chi connectivity index (χ2n) is 23.1. The van der Waals surface area contributed by atoms with Crippen LogP contribution in [0, 0.1) is 0 Å². The van der Waals surface area contributed by atoms with Gasteiger partial charge in [0.2, 0.25) is 0 Å². The minimum absolute atomic E-state index is 0.0417. The normalized spacial score (nSPS) is 14.9. The van der Waals surface area contributed by atoms with E-state index < -0.39 is 0 Å². The summed E-state index contributed by atoms with van der Waals surface area (Å²) >= 11 is 0. The summed E-state index contributed by atoms with van der Waals surface area (Å²) in [7, 11) is 1.71. The van der Waals surface area contributed by atoms with Gasteiger partial charge < -0.3 is 47.4 Å². The highest BCUT2D eigenvalue weighted by Crippen LogP contribution is 2.22. The zero-order valence-corrected chi connectivity index (χ0v) is 58.5. The van der Waals surface area contributed by atoms with Gasteiger partial charge >= 0.3 is 0 Å². The monoisotopic (exact) mass is 1120 g/mol. The molecule has 0 aliphatic heterocycles. The molecule has 2 fully saturated rings. The molecule has 0 aromatic carbocycles. The Labute approximate surface area is 487 Å². The number of hydrogen-bond acceptors (Lipinski definition) is 10. The van der Waals surface area contributed by atoms with Crippen LogP contribution in [0.4, 0.5) is 0 Å². The Morgan fingerprint density at radius 3 is 0.844 bits per heavy atom. The quantitative estimate of drug-likeness (QED) is 0.0834. The Balaban J connectivity index is -0.000000115. The van der Waals surface area contributed by atoms with Crippen molar-refractivity contribution in [2.75, 3.05) is 53.4 Å². The second-order valence-corrected chi connectivity index (χ2v) is 23.1. The molecule has 0 saturated heterocycles. The molecule has 2 aliphatic rings. The molecular weight excluding hydrogens is 965 g/mol. The summed E-state index contributed by atoms with van der Waals surface area (Å²) in [4.78, 5) is 0. The fourth-order valence-corrected chi connectivity index (χ4v) is 6.54. The van der Waals surface area contributed by atoms with Gasteiger partial charge in [0, 0.05) is 53.4 Å². The molecule has 77 heavy (non-hydrogen) atoms. The van der Waals surface area contributed by atoms with E-state index in [2.05, 4.69) is 138 Å². The van der Waals surface area contributed by atoms with Gasteiger partial charge in [-0.05, 0) is 223 Å². The molecule has 0 bridgehead atoms. The minimum Gasteiger partial charge on any atom is -0.379 e. The van der Waals surface area contributed by atoms with Gasteiger partial charge in [-0.1, -0.05) is 93.4 Å². The van der Waals surface area contributed by atoms with E-state index >= 15 is 0 Å². The number of ether oxygens (including phenoxy) is 10. The van der Waals surface area contributed by atoms with Crippen LogP contribution in [0.2, 0.25) is 0 Å². The van der Waals surface area contributed by atoms with E-state index in [4.69, 9.17) is 47.4 Å². The smallest absolute Gasteiger partial charge is 0.0598 e. The summed E-state index contributed by atoms with van der Waals surface area (Å²) in [5, 5.41) is 0. The zero-order valence-electron chi connectivity index (χ0n) is 58.5. The maximum absolute atomic E-state index is 5.69. The fraction of sp³-hybridized carbons (Fsp3) is 1.00. The molecule has 2 rings (SSSR count). The van der Waals surface area contributed by atoms with Gasteiger partial charge in [-0.25, -0.2) is 0 Å². The second kappa shape index (κ2) is 71.7. The third-order valence-electron chi connectivity index (χ3n) is 10.8. The Kier molecular flexibility index (Phi) is 86.6. The van der Waals surface area contributed by atoms with E-state index in [0.717, 1.165) is 78.4 Å². The van der Waals surface area contributed by atoms with Crippen LogP contribution in [0.3, 0.4) is 0 Å². The lowest BCUT2D eigenvalue weighted by molar-refractivity contribution is -0.0118.